The SMILES string of the molecule is COCCOCCOC(=O)N1CCN(C(C)(C)C)CC1. The predicted molar refractivity (Wildman–Crippen MR) is 76.9 cm³/mol. The average Bonchev–Trinajstić information content (AvgIpc) is 2.41. The van der Waals surface area contributed by atoms with Crippen LogP contribution in [0.3, 0.4) is 0 Å². The molecule has 1 saturated heterocycles. The van der Waals surface area contributed by atoms with E-state index in [1.165, 1.54) is 0 Å². The first-order chi connectivity index (χ1) is 9.45. The maximum absolute atomic E-state index is 11.8. The monoisotopic (exact) mass is 288 g/mol. The molecule has 6 nitrogen and oxygen atoms in total. The van der Waals surface area contributed by atoms with Crippen LogP contribution in [0.15, 0.2) is 0 Å². The number of carbonyl (C=O) groups excluding carboxylic acids is 1. The number of rotatable bonds is 6. The Morgan fingerprint density at radius 1 is 1.00 bits per heavy atom. The van der Waals surface area contributed by atoms with Gasteiger partial charge >= 0.3 is 6.09 Å². The van der Waals surface area contributed by atoms with Crippen molar-refractivity contribution >= 4 is 6.09 Å². The second kappa shape index (κ2) is 8.44. The van der Waals surface area contributed by atoms with Crippen molar-refractivity contribution < 1.29 is 19.0 Å². The molecule has 1 heterocycles. The van der Waals surface area contributed by atoms with Gasteiger partial charge in [-0.15, -0.1) is 0 Å². The van der Waals surface area contributed by atoms with Crippen LogP contribution in [-0.4, -0.2) is 81.1 Å². The summed E-state index contributed by atoms with van der Waals surface area (Å²) < 4.78 is 15.3. The second-order valence-corrected chi connectivity index (χ2v) is 5.86. The maximum atomic E-state index is 11.8. The van der Waals surface area contributed by atoms with Crippen LogP contribution in [0.5, 0.6) is 0 Å². The Balaban J connectivity index is 2.13. The summed E-state index contributed by atoms with van der Waals surface area (Å²) in [7, 11) is 1.63. The van der Waals surface area contributed by atoms with Crippen LogP contribution >= 0.6 is 0 Å². The lowest BCUT2D eigenvalue weighted by Gasteiger charge is -2.41. The maximum Gasteiger partial charge on any atom is 0.409 e. The number of ether oxygens (including phenoxy) is 3. The smallest absolute Gasteiger partial charge is 0.409 e. The zero-order valence-electron chi connectivity index (χ0n) is 13.2. The molecule has 1 rings (SSSR count). The van der Waals surface area contributed by atoms with Crippen molar-refractivity contribution in [2.45, 2.75) is 26.3 Å². The Morgan fingerprint density at radius 2 is 1.60 bits per heavy atom. The van der Waals surface area contributed by atoms with E-state index in [0.717, 1.165) is 26.2 Å². The summed E-state index contributed by atoms with van der Waals surface area (Å²) in [4.78, 5) is 16.0. The summed E-state index contributed by atoms with van der Waals surface area (Å²) in [6.45, 7) is 11.6. The molecular weight excluding hydrogens is 260 g/mol. The van der Waals surface area contributed by atoms with Gasteiger partial charge in [-0.05, 0) is 20.8 Å². The molecule has 6 heteroatoms. The molecule has 118 valence electrons. The van der Waals surface area contributed by atoms with E-state index >= 15 is 0 Å². The Labute approximate surface area is 121 Å². The molecule has 0 aliphatic carbocycles. The van der Waals surface area contributed by atoms with E-state index in [0.29, 0.717) is 26.4 Å². The molecule has 0 unspecified atom stereocenters. The largest absolute Gasteiger partial charge is 0.447 e. The summed E-state index contributed by atoms with van der Waals surface area (Å²) in [5.41, 5.74) is 0.158. The topological polar surface area (TPSA) is 51.2 Å². The Bertz CT molecular complexity index is 283. The highest BCUT2D eigenvalue weighted by atomic mass is 16.6. The minimum absolute atomic E-state index is 0.158. The van der Waals surface area contributed by atoms with Crippen molar-refractivity contribution in [3.63, 3.8) is 0 Å². The highest BCUT2D eigenvalue weighted by Gasteiger charge is 2.28. The molecule has 1 aliphatic heterocycles. The summed E-state index contributed by atoms with van der Waals surface area (Å²) in [5.74, 6) is 0. The molecule has 1 amide bonds. The first-order valence-electron chi connectivity index (χ1n) is 7.18. The molecule has 0 atom stereocenters. The molecule has 20 heavy (non-hydrogen) atoms. The van der Waals surface area contributed by atoms with Gasteiger partial charge in [0, 0.05) is 38.8 Å². The number of hydrogen-bond acceptors (Lipinski definition) is 5. The summed E-state index contributed by atoms with van der Waals surface area (Å²) in [6.07, 6.45) is -0.242. The molecule has 0 N–H and O–H groups in total. The lowest BCUT2D eigenvalue weighted by molar-refractivity contribution is 0.0200. The van der Waals surface area contributed by atoms with Crippen LogP contribution in [0.4, 0.5) is 4.79 Å². The Morgan fingerprint density at radius 3 is 2.15 bits per heavy atom. The quantitative estimate of drug-likeness (QED) is 0.688. The van der Waals surface area contributed by atoms with Gasteiger partial charge in [0.25, 0.3) is 0 Å². The number of piperazine rings is 1. The molecule has 0 aromatic carbocycles. The second-order valence-electron chi connectivity index (χ2n) is 5.86. The lowest BCUT2D eigenvalue weighted by atomic mass is 10.1. The third kappa shape index (κ3) is 6.07. The highest BCUT2D eigenvalue weighted by molar-refractivity contribution is 5.67. The van der Waals surface area contributed by atoms with Gasteiger partial charge in [0.05, 0.1) is 19.8 Å². The van der Waals surface area contributed by atoms with Crippen LogP contribution in [0, 0.1) is 0 Å². The van der Waals surface area contributed by atoms with Crippen molar-refractivity contribution in [1.82, 2.24) is 9.80 Å². The van der Waals surface area contributed by atoms with Gasteiger partial charge in [0.1, 0.15) is 6.61 Å². The molecule has 0 radical (unpaired) electrons. The van der Waals surface area contributed by atoms with Crippen LogP contribution in [0.2, 0.25) is 0 Å². The molecule has 0 bridgehead atoms. The van der Waals surface area contributed by atoms with Gasteiger partial charge in [-0.2, -0.15) is 0 Å². The van der Waals surface area contributed by atoms with Gasteiger partial charge in [-0.25, -0.2) is 4.79 Å². The number of amides is 1. The van der Waals surface area contributed by atoms with Crippen molar-refractivity contribution in [2.24, 2.45) is 0 Å². The number of hydrogen-bond donors (Lipinski definition) is 0. The number of carbonyl (C=O) groups is 1. The van der Waals surface area contributed by atoms with E-state index in [1.54, 1.807) is 12.0 Å². The Kier molecular flexibility index (Phi) is 7.26. The summed E-state index contributed by atoms with van der Waals surface area (Å²) in [6, 6.07) is 0. The van der Waals surface area contributed by atoms with E-state index in [9.17, 15) is 4.79 Å². The molecule has 0 aromatic rings. The van der Waals surface area contributed by atoms with E-state index in [4.69, 9.17) is 14.2 Å². The van der Waals surface area contributed by atoms with Crippen LogP contribution in [0.1, 0.15) is 20.8 Å². The van der Waals surface area contributed by atoms with Crippen molar-refractivity contribution in [2.75, 3.05) is 59.7 Å². The predicted octanol–water partition coefficient (Wildman–Crippen LogP) is 1.20. The van der Waals surface area contributed by atoms with Gasteiger partial charge in [0.15, 0.2) is 0 Å². The minimum atomic E-state index is -0.242. The minimum Gasteiger partial charge on any atom is -0.447 e. The van der Waals surface area contributed by atoms with Crippen LogP contribution in [-0.2, 0) is 14.2 Å². The van der Waals surface area contributed by atoms with Crippen LogP contribution in [0.25, 0.3) is 0 Å². The summed E-state index contributed by atoms with van der Waals surface area (Å²) in [5, 5.41) is 0. The van der Waals surface area contributed by atoms with Gasteiger partial charge in [-0.3, -0.25) is 4.90 Å². The molecule has 0 aromatic heterocycles. The third-order valence-corrected chi connectivity index (χ3v) is 3.37. The normalized spacial score (nSPS) is 17.3. The molecular formula is C14H28N2O4. The zero-order chi connectivity index (χ0) is 15.0. The fourth-order valence-corrected chi connectivity index (χ4v) is 2.08. The van der Waals surface area contributed by atoms with E-state index < -0.39 is 0 Å². The molecule has 0 spiro atoms. The number of nitrogens with zero attached hydrogens (tertiary/aromatic N) is 2. The Hall–Kier alpha value is -0.850. The average molecular weight is 288 g/mol. The van der Waals surface area contributed by atoms with E-state index in [1.807, 2.05) is 0 Å². The lowest BCUT2D eigenvalue weighted by Crippen LogP contribution is -2.54. The van der Waals surface area contributed by atoms with Gasteiger partial charge in [0.2, 0.25) is 0 Å². The molecule has 1 aliphatic rings. The number of methoxy groups -OCH3 is 1. The fraction of sp³-hybridized carbons (Fsp3) is 0.929. The van der Waals surface area contributed by atoms with Gasteiger partial charge < -0.3 is 19.1 Å². The van der Waals surface area contributed by atoms with Gasteiger partial charge in [-0.1, -0.05) is 0 Å². The van der Waals surface area contributed by atoms with Crippen molar-refractivity contribution in [1.29, 1.82) is 0 Å². The summed E-state index contributed by atoms with van der Waals surface area (Å²) >= 11 is 0. The van der Waals surface area contributed by atoms with E-state index in [2.05, 4.69) is 25.7 Å². The van der Waals surface area contributed by atoms with E-state index in [-0.39, 0.29) is 11.6 Å². The van der Waals surface area contributed by atoms with Crippen molar-refractivity contribution in [3.05, 3.63) is 0 Å². The molecule has 0 saturated carbocycles. The fourth-order valence-electron chi connectivity index (χ4n) is 2.08. The van der Waals surface area contributed by atoms with Crippen LogP contribution < -0.4 is 0 Å². The highest BCUT2D eigenvalue weighted by Crippen LogP contribution is 2.16. The first-order valence-corrected chi connectivity index (χ1v) is 7.18. The van der Waals surface area contributed by atoms with Crippen molar-refractivity contribution in [3.8, 4) is 0 Å². The first kappa shape index (κ1) is 17.2. The zero-order valence-corrected chi connectivity index (χ0v) is 13.2. The standard InChI is InChI=1S/C14H28N2O4/c1-14(2,3)16-7-5-15(6-8-16)13(17)20-12-11-19-10-9-18-4/h5-12H2,1-4H3. The molecule has 1 fully saturated rings. The third-order valence-electron chi connectivity index (χ3n) is 3.37.